The SMILES string of the molecule is CCCNC(c1ccccc1)C(C)N(C)C(C)C(C)(C)C. The van der Waals surface area contributed by atoms with Crippen LogP contribution in [0.5, 0.6) is 0 Å². The third-order valence-corrected chi connectivity index (χ3v) is 4.76. The van der Waals surface area contributed by atoms with Gasteiger partial charge in [0.2, 0.25) is 0 Å². The molecule has 0 radical (unpaired) electrons. The van der Waals surface area contributed by atoms with Crippen LogP contribution in [0.1, 0.15) is 59.6 Å². The molecule has 0 heterocycles. The quantitative estimate of drug-likeness (QED) is 0.796. The molecule has 3 unspecified atom stereocenters. The van der Waals surface area contributed by atoms with Crippen molar-refractivity contribution in [2.24, 2.45) is 5.41 Å². The number of benzene rings is 1. The van der Waals surface area contributed by atoms with Crippen LogP contribution in [0.25, 0.3) is 0 Å². The van der Waals surface area contributed by atoms with Crippen molar-refractivity contribution in [2.75, 3.05) is 13.6 Å². The topological polar surface area (TPSA) is 15.3 Å². The van der Waals surface area contributed by atoms with Gasteiger partial charge in [-0.1, -0.05) is 58.0 Å². The Morgan fingerprint density at radius 2 is 1.67 bits per heavy atom. The van der Waals surface area contributed by atoms with Crippen molar-refractivity contribution < 1.29 is 0 Å². The average Bonchev–Trinajstić information content (AvgIpc) is 2.46. The first-order valence-corrected chi connectivity index (χ1v) is 8.29. The molecule has 0 amide bonds. The van der Waals surface area contributed by atoms with Crippen LogP contribution < -0.4 is 5.32 Å². The van der Waals surface area contributed by atoms with Crippen LogP contribution in [0.4, 0.5) is 0 Å². The molecule has 1 aromatic rings. The summed E-state index contributed by atoms with van der Waals surface area (Å²) in [5, 5.41) is 3.73. The number of hydrogen-bond acceptors (Lipinski definition) is 2. The van der Waals surface area contributed by atoms with Crippen molar-refractivity contribution in [1.82, 2.24) is 10.2 Å². The first-order chi connectivity index (χ1) is 9.79. The Kier molecular flexibility index (Phi) is 6.89. The van der Waals surface area contributed by atoms with E-state index in [9.17, 15) is 0 Å². The molecular formula is C19H34N2. The van der Waals surface area contributed by atoms with Crippen LogP contribution >= 0.6 is 0 Å². The second kappa shape index (κ2) is 7.95. The molecule has 0 saturated carbocycles. The highest BCUT2D eigenvalue weighted by molar-refractivity contribution is 5.20. The van der Waals surface area contributed by atoms with Gasteiger partial charge in [-0.2, -0.15) is 0 Å². The van der Waals surface area contributed by atoms with Crippen LogP contribution in [0.15, 0.2) is 30.3 Å². The lowest BCUT2D eigenvalue weighted by molar-refractivity contribution is 0.0852. The van der Waals surface area contributed by atoms with Gasteiger partial charge in [0.05, 0.1) is 0 Å². The highest BCUT2D eigenvalue weighted by Crippen LogP contribution is 2.28. The number of hydrogen-bond donors (Lipinski definition) is 1. The molecule has 120 valence electrons. The molecule has 1 aromatic carbocycles. The third-order valence-electron chi connectivity index (χ3n) is 4.76. The third kappa shape index (κ3) is 5.12. The lowest BCUT2D eigenvalue weighted by Gasteiger charge is -2.42. The molecule has 0 saturated heterocycles. The largest absolute Gasteiger partial charge is 0.309 e. The van der Waals surface area contributed by atoms with Gasteiger partial charge >= 0.3 is 0 Å². The van der Waals surface area contributed by atoms with Crippen LogP contribution in [0.3, 0.4) is 0 Å². The van der Waals surface area contributed by atoms with E-state index in [0.29, 0.717) is 18.1 Å². The van der Waals surface area contributed by atoms with Gasteiger partial charge in [0.15, 0.2) is 0 Å². The second-order valence-electron chi connectivity index (χ2n) is 7.29. The van der Waals surface area contributed by atoms with Gasteiger partial charge < -0.3 is 5.32 Å². The molecular weight excluding hydrogens is 256 g/mol. The van der Waals surface area contributed by atoms with Crippen molar-refractivity contribution >= 4 is 0 Å². The summed E-state index contributed by atoms with van der Waals surface area (Å²) in [6.45, 7) is 14.9. The van der Waals surface area contributed by atoms with Crippen LogP contribution in [-0.4, -0.2) is 30.6 Å². The van der Waals surface area contributed by atoms with Crippen LogP contribution in [0, 0.1) is 5.41 Å². The molecule has 2 heteroatoms. The summed E-state index contributed by atoms with van der Waals surface area (Å²) in [5.74, 6) is 0. The zero-order valence-electron chi connectivity index (χ0n) is 15.0. The molecule has 1 N–H and O–H groups in total. The fourth-order valence-electron chi connectivity index (χ4n) is 2.73. The van der Waals surface area contributed by atoms with Crippen molar-refractivity contribution in [2.45, 2.75) is 66.1 Å². The summed E-state index contributed by atoms with van der Waals surface area (Å²) >= 11 is 0. The summed E-state index contributed by atoms with van der Waals surface area (Å²) in [6.07, 6.45) is 1.16. The first kappa shape index (κ1) is 18.2. The van der Waals surface area contributed by atoms with Gasteiger partial charge in [-0.25, -0.2) is 0 Å². The van der Waals surface area contributed by atoms with E-state index in [1.54, 1.807) is 0 Å². The Morgan fingerprint density at radius 1 is 1.10 bits per heavy atom. The molecule has 0 aliphatic carbocycles. The molecule has 0 aliphatic heterocycles. The number of nitrogens with zero attached hydrogens (tertiary/aromatic N) is 1. The fraction of sp³-hybridized carbons (Fsp3) is 0.684. The van der Waals surface area contributed by atoms with E-state index in [2.05, 4.69) is 89.1 Å². The van der Waals surface area contributed by atoms with Gasteiger partial charge in [0.1, 0.15) is 0 Å². The highest BCUT2D eigenvalue weighted by Gasteiger charge is 2.30. The number of nitrogens with one attached hydrogen (secondary N) is 1. The lowest BCUT2D eigenvalue weighted by Crippen LogP contribution is -2.49. The maximum Gasteiger partial charge on any atom is 0.0475 e. The Morgan fingerprint density at radius 3 is 2.14 bits per heavy atom. The number of rotatable bonds is 7. The average molecular weight is 290 g/mol. The van der Waals surface area contributed by atoms with E-state index in [4.69, 9.17) is 0 Å². The van der Waals surface area contributed by atoms with E-state index in [-0.39, 0.29) is 5.41 Å². The summed E-state index contributed by atoms with van der Waals surface area (Å²) in [4.78, 5) is 2.51. The van der Waals surface area contributed by atoms with Crippen molar-refractivity contribution in [3.05, 3.63) is 35.9 Å². The lowest BCUT2D eigenvalue weighted by atomic mass is 9.85. The predicted octanol–water partition coefficient (Wildman–Crippen LogP) is 4.48. The smallest absolute Gasteiger partial charge is 0.0475 e. The van der Waals surface area contributed by atoms with Crippen molar-refractivity contribution in [3.63, 3.8) is 0 Å². The Hall–Kier alpha value is -0.860. The van der Waals surface area contributed by atoms with Crippen molar-refractivity contribution in [3.8, 4) is 0 Å². The predicted molar refractivity (Wildman–Crippen MR) is 93.6 cm³/mol. The van der Waals surface area contributed by atoms with E-state index in [1.165, 1.54) is 5.56 Å². The van der Waals surface area contributed by atoms with Crippen molar-refractivity contribution in [1.29, 1.82) is 0 Å². The Labute approximate surface area is 131 Å². The summed E-state index contributed by atoms with van der Waals surface area (Å²) in [7, 11) is 2.25. The monoisotopic (exact) mass is 290 g/mol. The van der Waals surface area contributed by atoms with Crippen LogP contribution in [-0.2, 0) is 0 Å². The van der Waals surface area contributed by atoms with Gasteiger partial charge in [-0.15, -0.1) is 0 Å². The van der Waals surface area contributed by atoms with E-state index < -0.39 is 0 Å². The van der Waals surface area contributed by atoms with E-state index in [1.807, 2.05) is 0 Å². The maximum atomic E-state index is 3.73. The fourth-order valence-corrected chi connectivity index (χ4v) is 2.73. The van der Waals surface area contributed by atoms with E-state index >= 15 is 0 Å². The zero-order valence-corrected chi connectivity index (χ0v) is 15.0. The normalized spacial score (nSPS) is 16.8. The molecule has 1 rings (SSSR count). The minimum atomic E-state index is 0.287. The summed E-state index contributed by atoms with van der Waals surface area (Å²) in [6, 6.07) is 12.2. The van der Waals surface area contributed by atoms with E-state index in [0.717, 1.165) is 13.0 Å². The summed E-state index contributed by atoms with van der Waals surface area (Å²) < 4.78 is 0. The zero-order chi connectivity index (χ0) is 16.0. The molecule has 0 aromatic heterocycles. The molecule has 2 nitrogen and oxygen atoms in total. The highest BCUT2D eigenvalue weighted by atomic mass is 15.2. The first-order valence-electron chi connectivity index (χ1n) is 8.29. The molecule has 0 fully saturated rings. The minimum Gasteiger partial charge on any atom is -0.309 e. The summed E-state index contributed by atoms with van der Waals surface area (Å²) in [5.41, 5.74) is 1.67. The van der Waals surface area contributed by atoms with Gasteiger partial charge in [0.25, 0.3) is 0 Å². The Balaban J connectivity index is 2.92. The molecule has 21 heavy (non-hydrogen) atoms. The molecule has 0 spiro atoms. The Bertz CT molecular complexity index is 394. The minimum absolute atomic E-state index is 0.287. The maximum absolute atomic E-state index is 3.73. The number of likely N-dealkylation sites (N-methyl/N-ethyl adjacent to an activating group) is 1. The standard InChI is InChI=1S/C19H34N2/c1-8-14-20-18(17-12-10-9-11-13-17)15(2)21(7)16(3)19(4,5)6/h9-13,15-16,18,20H,8,14H2,1-7H3. The van der Waals surface area contributed by atoms with Gasteiger partial charge in [0, 0.05) is 18.1 Å². The van der Waals surface area contributed by atoms with Gasteiger partial charge in [-0.3, -0.25) is 4.90 Å². The second-order valence-corrected chi connectivity index (χ2v) is 7.29. The molecule has 0 aliphatic rings. The van der Waals surface area contributed by atoms with Gasteiger partial charge in [-0.05, 0) is 44.8 Å². The van der Waals surface area contributed by atoms with Crippen LogP contribution in [0.2, 0.25) is 0 Å². The molecule has 0 bridgehead atoms. The molecule has 3 atom stereocenters.